The number of aryl methyl sites for hydroxylation is 3. The predicted octanol–water partition coefficient (Wildman–Crippen LogP) is 5.16. The minimum absolute atomic E-state index is 0.231. The van der Waals surface area contributed by atoms with Crippen molar-refractivity contribution in [2.75, 3.05) is 0 Å². The van der Waals surface area contributed by atoms with Gasteiger partial charge in [-0.3, -0.25) is 0 Å². The maximum Gasteiger partial charge on any atom is 0.122 e. The number of aromatic hydroxyl groups is 3. The van der Waals surface area contributed by atoms with E-state index in [0.717, 1.165) is 45.4 Å². The fourth-order valence-electron chi connectivity index (χ4n) is 3.43. The summed E-state index contributed by atoms with van der Waals surface area (Å²) in [7, 11) is 0. The molecule has 3 rings (SSSR count). The predicted molar refractivity (Wildman–Crippen MR) is 109 cm³/mol. The molecule has 0 spiro atoms. The average Bonchev–Trinajstić information content (AvgIpc) is 2.64. The Morgan fingerprint density at radius 3 is 1.48 bits per heavy atom. The molecule has 0 aliphatic rings. The van der Waals surface area contributed by atoms with Gasteiger partial charge >= 0.3 is 0 Å². The van der Waals surface area contributed by atoms with Crippen molar-refractivity contribution in [3.63, 3.8) is 0 Å². The highest BCUT2D eigenvalue weighted by Gasteiger charge is 2.14. The molecule has 3 heteroatoms. The van der Waals surface area contributed by atoms with Crippen LogP contribution in [0.25, 0.3) is 0 Å². The maximum atomic E-state index is 10.9. The van der Waals surface area contributed by atoms with E-state index < -0.39 is 0 Å². The van der Waals surface area contributed by atoms with Gasteiger partial charge in [0.25, 0.3) is 0 Å². The molecule has 0 unspecified atom stereocenters. The molecule has 0 aliphatic carbocycles. The number of hydrogen-bond acceptors (Lipinski definition) is 3. The lowest BCUT2D eigenvalue weighted by molar-refractivity contribution is 0.456. The number of phenolic OH excluding ortho intramolecular Hbond substituents is 3. The summed E-state index contributed by atoms with van der Waals surface area (Å²) < 4.78 is 0. The van der Waals surface area contributed by atoms with Crippen LogP contribution in [0.15, 0.2) is 48.5 Å². The molecule has 0 saturated heterocycles. The lowest BCUT2D eigenvalue weighted by Crippen LogP contribution is -1.99. The van der Waals surface area contributed by atoms with E-state index in [0.29, 0.717) is 12.8 Å². The van der Waals surface area contributed by atoms with Crippen LogP contribution in [0.5, 0.6) is 17.2 Å². The van der Waals surface area contributed by atoms with Gasteiger partial charge in [-0.25, -0.2) is 0 Å². The van der Waals surface area contributed by atoms with Gasteiger partial charge in [-0.1, -0.05) is 54.4 Å². The second-order valence-corrected chi connectivity index (χ2v) is 7.23. The van der Waals surface area contributed by atoms with E-state index in [1.54, 1.807) is 12.1 Å². The fraction of sp³-hybridized carbons (Fsp3) is 0.250. The van der Waals surface area contributed by atoms with E-state index in [9.17, 15) is 15.3 Å². The molecule has 0 bridgehead atoms. The molecule has 140 valence electrons. The summed E-state index contributed by atoms with van der Waals surface area (Å²) in [6.07, 6.45) is 1.76. The van der Waals surface area contributed by atoms with Gasteiger partial charge in [0.05, 0.1) is 0 Å². The van der Waals surface area contributed by atoms with Crippen molar-refractivity contribution in [3.8, 4) is 17.2 Å². The van der Waals surface area contributed by atoms with E-state index in [2.05, 4.69) is 6.92 Å². The second kappa shape index (κ2) is 7.75. The normalized spacial score (nSPS) is 10.9. The molecule has 27 heavy (non-hydrogen) atoms. The molecule has 3 aromatic carbocycles. The maximum absolute atomic E-state index is 10.9. The van der Waals surface area contributed by atoms with Crippen LogP contribution in [0.2, 0.25) is 0 Å². The highest BCUT2D eigenvalue weighted by Crippen LogP contribution is 2.33. The van der Waals surface area contributed by atoms with Gasteiger partial charge in [-0.2, -0.15) is 0 Å². The quantitative estimate of drug-likeness (QED) is 0.587. The van der Waals surface area contributed by atoms with Crippen LogP contribution in [0, 0.1) is 13.8 Å². The van der Waals surface area contributed by atoms with Crippen LogP contribution < -0.4 is 0 Å². The fourth-order valence-corrected chi connectivity index (χ4v) is 3.43. The SMILES string of the molecule is CCc1cc(Cc2cc(C)ccc2O)c(O)c(Cc2cc(C)ccc2O)c1. The summed E-state index contributed by atoms with van der Waals surface area (Å²) in [4.78, 5) is 0. The Bertz CT molecular complexity index is 899. The van der Waals surface area contributed by atoms with Gasteiger partial charge in [0.2, 0.25) is 0 Å². The third-order valence-corrected chi connectivity index (χ3v) is 4.97. The number of benzene rings is 3. The van der Waals surface area contributed by atoms with E-state index in [1.165, 1.54) is 0 Å². The Kier molecular flexibility index (Phi) is 5.41. The van der Waals surface area contributed by atoms with Crippen molar-refractivity contribution in [2.24, 2.45) is 0 Å². The summed E-state index contributed by atoms with van der Waals surface area (Å²) in [6, 6.07) is 15.0. The van der Waals surface area contributed by atoms with Crippen LogP contribution in [-0.2, 0) is 19.3 Å². The van der Waals surface area contributed by atoms with Gasteiger partial charge in [-0.05, 0) is 60.2 Å². The highest BCUT2D eigenvalue weighted by molar-refractivity contribution is 5.51. The molecule has 0 heterocycles. The third kappa shape index (κ3) is 4.25. The van der Waals surface area contributed by atoms with Crippen LogP contribution in [0.1, 0.15) is 45.9 Å². The number of rotatable bonds is 5. The molecule has 0 fully saturated rings. The Hall–Kier alpha value is -2.94. The topological polar surface area (TPSA) is 60.7 Å². The van der Waals surface area contributed by atoms with E-state index in [1.807, 2.05) is 50.2 Å². The van der Waals surface area contributed by atoms with Crippen LogP contribution in [-0.4, -0.2) is 15.3 Å². The van der Waals surface area contributed by atoms with Crippen molar-refractivity contribution in [3.05, 3.63) is 87.5 Å². The lowest BCUT2D eigenvalue weighted by atomic mass is 9.93. The first-order valence-electron chi connectivity index (χ1n) is 9.28. The Labute approximate surface area is 160 Å². The molecule has 3 nitrogen and oxygen atoms in total. The van der Waals surface area contributed by atoms with Crippen LogP contribution in [0.3, 0.4) is 0 Å². The largest absolute Gasteiger partial charge is 0.508 e. The van der Waals surface area contributed by atoms with Crippen molar-refractivity contribution in [2.45, 2.75) is 40.0 Å². The standard InChI is InChI=1S/C24H26O3/c1-4-17-11-20(13-18-9-15(2)5-7-22(18)25)24(27)21(12-17)14-19-10-16(3)6-8-23(19)26/h5-12,25-27H,4,13-14H2,1-3H3. The van der Waals surface area contributed by atoms with Gasteiger partial charge in [0.15, 0.2) is 0 Å². The molecule has 3 aromatic rings. The Morgan fingerprint density at radius 1 is 0.630 bits per heavy atom. The Morgan fingerprint density at radius 2 is 1.07 bits per heavy atom. The first kappa shape index (κ1) is 18.8. The molecular formula is C24H26O3. The number of hydrogen-bond donors (Lipinski definition) is 3. The highest BCUT2D eigenvalue weighted by atomic mass is 16.3. The van der Waals surface area contributed by atoms with Gasteiger partial charge in [0, 0.05) is 12.8 Å². The lowest BCUT2D eigenvalue weighted by Gasteiger charge is -2.15. The monoisotopic (exact) mass is 362 g/mol. The van der Waals surface area contributed by atoms with Crippen LogP contribution >= 0.6 is 0 Å². The zero-order chi connectivity index (χ0) is 19.6. The van der Waals surface area contributed by atoms with Crippen molar-refractivity contribution in [1.29, 1.82) is 0 Å². The van der Waals surface area contributed by atoms with Crippen molar-refractivity contribution < 1.29 is 15.3 Å². The zero-order valence-corrected chi connectivity index (χ0v) is 16.1. The summed E-state index contributed by atoms with van der Waals surface area (Å²) >= 11 is 0. The summed E-state index contributed by atoms with van der Waals surface area (Å²) in [5.41, 5.74) is 6.43. The smallest absolute Gasteiger partial charge is 0.122 e. The summed E-state index contributed by atoms with van der Waals surface area (Å²) in [5, 5.41) is 31.2. The Balaban J connectivity index is 2.02. The summed E-state index contributed by atoms with van der Waals surface area (Å²) in [5.74, 6) is 0.702. The molecule has 0 aromatic heterocycles. The van der Waals surface area contributed by atoms with Crippen molar-refractivity contribution in [1.82, 2.24) is 0 Å². The second-order valence-electron chi connectivity index (χ2n) is 7.23. The molecule has 0 amide bonds. The third-order valence-electron chi connectivity index (χ3n) is 4.97. The number of phenols is 3. The zero-order valence-electron chi connectivity index (χ0n) is 16.1. The van der Waals surface area contributed by atoms with Gasteiger partial charge in [0.1, 0.15) is 17.2 Å². The van der Waals surface area contributed by atoms with Crippen LogP contribution in [0.4, 0.5) is 0 Å². The van der Waals surface area contributed by atoms with E-state index in [-0.39, 0.29) is 17.2 Å². The summed E-state index contributed by atoms with van der Waals surface area (Å²) in [6.45, 7) is 6.04. The molecule has 0 radical (unpaired) electrons. The van der Waals surface area contributed by atoms with Gasteiger partial charge in [-0.15, -0.1) is 0 Å². The first-order valence-corrected chi connectivity index (χ1v) is 9.28. The molecule has 0 saturated carbocycles. The molecular weight excluding hydrogens is 336 g/mol. The molecule has 3 N–H and O–H groups in total. The van der Waals surface area contributed by atoms with E-state index in [4.69, 9.17) is 0 Å². The van der Waals surface area contributed by atoms with Crippen molar-refractivity contribution >= 4 is 0 Å². The molecule has 0 aliphatic heterocycles. The molecule has 0 atom stereocenters. The average molecular weight is 362 g/mol. The van der Waals surface area contributed by atoms with E-state index >= 15 is 0 Å². The first-order chi connectivity index (χ1) is 12.9. The minimum Gasteiger partial charge on any atom is -0.508 e. The van der Waals surface area contributed by atoms with Gasteiger partial charge < -0.3 is 15.3 Å². The minimum atomic E-state index is 0.231.